The summed E-state index contributed by atoms with van der Waals surface area (Å²) in [7, 11) is 0. The highest BCUT2D eigenvalue weighted by atomic mass is 79.9. The van der Waals surface area contributed by atoms with Crippen molar-refractivity contribution in [1.82, 2.24) is 0 Å². The number of halogens is 1. The van der Waals surface area contributed by atoms with Crippen LogP contribution in [0.25, 0.3) is 0 Å². The average Bonchev–Trinajstić information content (AvgIpc) is 3.01. The Labute approximate surface area is 120 Å². The molecule has 1 aliphatic rings. The van der Waals surface area contributed by atoms with Gasteiger partial charge in [-0.15, -0.1) is 0 Å². The molecule has 19 heavy (non-hydrogen) atoms. The Bertz CT molecular complexity index is 523. The number of amides is 1. The first-order valence-corrected chi connectivity index (χ1v) is 6.97. The van der Waals surface area contributed by atoms with Crippen LogP contribution >= 0.6 is 15.9 Å². The average molecular weight is 326 g/mol. The van der Waals surface area contributed by atoms with Gasteiger partial charge in [-0.2, -0.15) is 0 Å². The molecule has 0 aromatic heterocycles. The molecule has 0 atom stereocenters. The van der Waals surface area contributed by atoms with Gasteiger partial charge in [0.1, 0.15) is 0 Å². The number of carbonyl (C=O) groups is 2. The van der Waals surface area contributed by atoms with E-state index in [4.69, 9.17) is 5.11 Å². The van der Waals surface area contributed by atoms with Crippen molar-refractivity contribution in [3.63, 3.8) is 0 Å². The number of aliphatic carboxylic acids is 1. The maximum absolute atomic E-state index is 11.9. The number of anilines is 1. The summed E-state index contributed by atoms with van der Waals surface area (Å²) < 4.78 is 0.942. The van der Waals surface area contributed by atoms with Crippen molar-refractivity contribution in [3.8, 4) is 0 Å². The summed E-state index contributed by atoms with van der Waals surface area (Å²) in [6.07, 6.45) is 2.01. The van der Waals surface area contributed by atoms with Gasteiger partial charge in [0.15, 0.2) is 0 Å². The molecule has 1 saturated carbocycles. The summed E-state index contributed by atoms with van der Waals surface area (Å²) >= 11 is 3.41. The number of hydrogen-bond acceptors (Lipinski definition) is 2. The predicted molar refractivity (Wildman–Crippen MR) is 76.0 cm³/mol. The molecule has 0 bridgehead atoms. The lowest BCUT2D eigenvalue weighted by atomic mass is 9.98. The molecule has 2 N–H and O–H groups in total. The van der Waals surface area contributed by atoms with Crippen molar-refractivity contribution < 1.29 is 14.7 Å². The van der Waals surface area contributed by atoms with Crippen molar-refractivity contribution in [2.75, 3.05) is 5.32 Å². The lowest BCUT2D eigenvalue weighted by Gasteiger charge is -2.12. The van der Waals surface area contributed by atoms with Crippen molar-refractivity contribution >= 4 is 33.5 Å². The van der Waals surface area contributed by atoms with Crippen LogP contribution in [0, 0.1) is 12.3 Å². The van der Waals surface area contributed by atoms with Crippen LogP contribution in [0.4, 0.5) is 5.69 Å². The molecule has 102 valence electrons. The molecule has 1 aliphatic carbocycles. The summed E-state index contributed by atoms with van der Waals surface area (Å²) in [5.41, 5.74) is 1.52. The Kier molecular flexibility index (Phi) is 3.94. The Hall–Kier alpha value is -1.36. The van der Waals surface area contributed by atoms with Crippen LogP contribution in [0.15, 0.2) is 22.7 Å². The molecule has 0 saturated heterocycles. The third-order valence-corrected chi connectivity index (χ3v) is 4.33. The van der Waals surface area contributed by atoms with Gasteiger partial charge in [0.2, 0.25) is 5.91 Å². The molecule has 1 aromatic carbocycles. The molecule has 1 amide bonds. The molecule has 1 fully saturated rings. The molecule has 0 unspecified atom stereocenters. The minimum atomic E-state index is -0.830. The normalized spacial score (nSPS) is 15.9. The van der Waals surface area contributed by atoms with Gasteiger partial charge in [0.05, 0.1) is 6.42 Å². The lowest BCUT2D eigenvalue weighted by Crippen LogP contribution is -2.19. The fourth-order valence-corrected chi connectivity index (χ4v) is 2.51. The summed E-state index contributed by atoms with van der Waals surface area (Å²) in [6.45, 7) is 1.97. The second-order valence-corrected chi connectivity index (χ2v) is 6.11. The molecule has 1 aromatic rings. The fourth-order valence-electron chi connectivity index (χ4n) is 2.13. The van der Waals surface area contributed by atoms with Crippen molar-refractivity contribution in [1.29, 1.82) is 0 Å². The van der Waals surface area contributed by atoms with E-state index in [0.717, 1.165) is 28.6 Å². The Balaban J connectivity index is 1.94. The summed E-state index contributed by atoms with van der Waals surface area (Å²) in [4.78, 5) is 22.7. The van der Waals surface area contributed by atoms with Gasteiger partial charge in [0.25, 0.3) is 0 Å². The zero-order chi connectivity index (χ0) is 14.0. The molecule has 2 rings (SSSR count). The third-order valence-electron chi connectivity index (χ3n) is 3.47. The number of carbonyl (C=O) groups excluding carboxylic acids is 1. The second kappa shape index (κ2) is 5.33. The van der Waals surface area contributed by atoms with Gasteiger partial charge in [-0.25, -0.2) is 0 Å². The fraction of sp³-hybridized carbons (Fsp3) is 0.429. The lowest BCUT2D eigenvalue weighted by molar-refractivity contribution is -0.138. The van der Waals surface area contributed by atoms with Gasteiger partial charge in [-0.05, 0) is 42.9 Å². The topological polar surface area (TPSA) is 66.4 Å². The zero-order valence-electron chi connectivity index (χ0n) is 10.7. The number of benzene rings is 1. The van der Waals surface area contributed by atoms with E-state index in [-0.39, 0.29) is 24.2 Å². The monoisotopic (exact) mass is 325 g/mol. The number of hydrogen-bond donors (Lipinski definition) is 2. The maximum Gasteiger partial charge on any atom is 0.303 e. The summed E-state index contributed by atoms with van der Waals surface area (Å²) in [5, 5.41) is 11.6. The van der Waals surface area contributed by atoms with E-state index in [2.05, 4.69) is 21.2 Å². The molecular formula is C14H16BrNO3. The highest BCUT2D eigenvalue weighted by Gasteiger charge is 2.45. The summed E-state index contributed by atoms with van der Waals surface area (Å²) in [6, 6.07) is 5.61. The van der Waals surface area contributed by atoms with E-state index < -0.39 is 5.97 Å². The zero-order valence-corrected chi connectivity index (χ0v) is 12.3. The van der Waals surface area contributed by atoms with Crippen LogP contribution in [0.2, 0.25) is 0 Å². The molecular weight excluding hydrogens is 310 g/mol. The van der Waals surface area contributed by atoms with Gasteiger partial charge in [0, 0.05) is 16.6 Å². The highest BCUT2D eigenvalue weighted by Crippen LogP contribution is 2.51. The van der Waals surface area contributed by atoms with Gasteiger partial charge in [-0.1, -0.05) is 22.0 Å². The van der Waals surface area contributed by atoms with E-state index >= 15 is 0 Å². The SMILES string of the molecule is Cc1ccc(NC(=O)CC2(CC(=O)O)CC2)cc1Br. The second-order valence-electron chi connectivity index (χ2n) is 5.26. The minimum absolute atomic E-state index is 0.0814. The van der Waals surface area contributed by atoms with Gasteiger partial charge in [-0.3, -0.25) is 9.59 Å². The predicted octanol–water partition coefficient (Wildman–Crippen LogP) is 3.34. The first kappa shape index (κ1) is 14.1. The van der Waals surface area contributed by atoms with Crippen molar-refractivity contribution in [2.45, 2.75) is 32.6 Å². The van der Waals surface area contributed by atoms with Crippen LogP contribution in [0.5, 0.6) is 0 Å². The number of rotatable bonds is 5. The minimum Gasteiger partial charge on any atom is -0.481 e. The van der Waals surface area contributed by atoms with Crippen LogP contribution in [0.1, 0.15) is 31.2 Å². The molecule has 0 radical (unpaired) electrons. The number of carboxylic acids is 1. The molecule has 5 heteroatoms. The molecule has 4 nitrogen and oxygen atoms in total. The maximum atomic E-state index is 11.9. The van der Waals surface area contributed by atoms with Crippen LogP contribution < -0.4 is 5.32 Å². The standard InChI is InChI=1S/C14H16BrNO3/c1-9-2-3-10(6-11(9)15)16-12(17)7-14(4-5-14)8-13(18)19/h2-3,6H,4-5,7-8H2,1H3,(H,16,17)(H,18,19). The van der Waals surface area contributed by atoms with Crippen molar-refractivity contribution in [2.24, 2.45) is 5.41 Å². The number of aryl methyl sites for hydroxylation is 1. The molecule has 0 aliphatic heterocycles. The highest BCUT2D eigenvalue weighted by molar-refractivity contribution is 9.10. The summed E-state index contributed by atoms with van der Waals surface area (Å²) in [5.74, 6) is -0.946. The Morgan fingerprint density at radius 1 is 1.37 bits per heavy atom. The number of nitrogens with one attached hydrogen (secondary N) is 1. The quantitative estimate of drug-likeness (QED) is 0.872. The van der Waals surface area contributed by atoms with E-state index in [9.17, 15) is 9.59 Å². The van der Waals surface area contributed by atoms with E-state index in [0.29, 0.717) is 0 Å². The third kappa shape index (κ3) is 3.80. The first-order valence-electron chi connectivity index (χ1n) is 6.18. The van der Waals surface area contributed by atoms with Crippen LogP contribution in [0.3, 0.4) is 0 Å². The van der Waals surface area contributed by atoms with Crippen LogP contribution in [-0.4, -0.2) is 17.0 Å². The van der Waals surface area contributed by atoms with E-state index in [1.165, 1.54) is 0 Å². The smallest absolute Gasteiger partial charge is 0.303 e. The molecule has 0 heterocycles. The Morgan fingerprint density at radius 2 is 2.05 bits per heavy atom. The first-order chi connectivity index (χ1) is 8.90. The van der Waals surface area contributed by atoms with Crippen LogP contribution in [-0.2, 0) is 9.59 Å². The van der Waals surface area contributed by atoms with Gasteiger partial charge < -0.3 is 10.4 Å². The van der Waals surface area contributed by atoms with Crippen molar-refractivity contribution in [3.05, 3.63) is 28.2 Å². The Morgan fingerprint density at radius 3 is 2.58 bits per heavy atom. The van der Waals surface area contributed by atoms with Gasteiger partial charge >= 0.3 is 5.97 Å². The van der Waals surface area contributed by atoms with E-state index in [1.807, 2.05) is 25.1 Å². The largest absolute Gasteiger partial charge is 0.481 e. The molecule has 0 spiro atoms. The number of carboxylic acid groups (broad SMARTS) is 1. The van der Waals surface area contributed by atoms with E-state index in [1.54, 1.807) is 0 Å².